The molecule has 3 rings (SSSR count). The lowest BCUT2D eigenvalue weighted by atomic mass is 10.1. The van der Waals surface area contributed by atoms with Crippen molar-refractivity contribution in [2.75, 3.05) is 0 Å². The second kappa shape index (κ2) is 9.06. The van der Waals surface area contributed by atoms with Crippen molar-refractivity contribution in [3.63, 3.8) is 0 Å². The number of hydrogen-bond donors (Lipinski definition) is 2. The van der Waals surface area contributed by atoms with Crippen LogP contribution in [0.5, 0.6) is 0 Å². The monoisotopic (exact) mass is 394 g/mol. The molecule has 0 bridgehead atoms. The molecule has 0 saturated heterocycles. The van der Waals surface area contributed by atoms with E-state index in [2.05, 4.69) is 10.6 Å². The predicted octanol–water partition coefficient (Wildman–Crippen LogP) is 4.33. The molecule has 28 heavy (non-hydrogen) atoms. The Labute approximate surface area is 168 Å². The van der Waals surface area contributed by atoms with Gasteiger partial charge in [0.15, 0.2) is 0 Å². The van der Waals surface area contributed by atoms with Gasteiger partial charge >= 0.3 is 0 Å². The molecule has 0 saturated carbocycles. The maximum absolute atomic E-state index is 12.7. The Morgan fingerprint density at radius 3 is 2.61 bits per heavy atom. The van der Waals surface area contributed by atoms with Crippen LogP contribution in [0.2, 0.25) is 5.02 Å². The average molecular weight is 395 g/mol. The highest BCUT2D eigenvalue weighted by molar-refractivity contribution is 6.31. The number of nitrogens with one attached hydrogen (secondary N) is 2. The molecule has 2 amide bonds. The number of furan rings is 1. The van der Waals surface area contributed by atoms with Gasteiger partial charge in [-0.1, -0.05) is 47.5 Å². The van der Waals surface area contributed by atoms with E-state index in [9.17, 15) is 9.59 Å². The highest BCUT2D eigenvalue weighted by Crippen LogP contribution is 2.15. The molecule has 5 nitrogen and oxygen atoms in total. The van der Waals surface area contributed by atoms with E-state index in [1.807, 2.05) is 31.2 Å². The normalized spacial score (nSPS) is 11.1. The second-order valence-corrected chi connectivity index (χ2v) is 6.58. The van der Waals surface area contributed by atoms with Gasteiger partial charge in [0.05, 0.1) is 6.26 Å². The molecular formula is C22H19ClN2O3. The highest BCUT2D eigenvalue weighted by atomic mass is 35.5. The molecule has 0 atom stereocenters. The summed E-state index contributed by atoms with van der Waals surface area (Å²) in [6.07, 6.45) is 2.98. The molecular weight excluding hydrogens is 376 g/mol. The van der Waals surface area contributed by atoms with Gasteiger partial charge in [-0.25, -0.2) is 0 Å². The molecule has 1 aromatic heterocycles. The first-order valence-electron chi connectivity index (χ1n) is 8.68. The van der Waals surface area contributed by atoms with Gasteiger partial charge in [0, 0.05) is 23.2 Å². The van der Waals surface area contributed by atoms with Crippen molar-refractivity contribution in [1.29, 1.82) is 0 Å². The van der Waals surface area contributed by atoms with Gasteiger partial charge in [-0.2, -0.15) is 0 Å². The third-order valence-corrected chi connectivity index (χ3v) is 4.37. The summed E-state index contributed by atoms with van der Waals surface area (Å²) in [7, 11) is 0. The van der Waals surface area contributed by atoms with Crippen molar-refractivity contribution in [3.8, 4) is 0 Å². The Balaban J connectivity index is 1.78. The maximum Gasteiger partial charge on any atom is 0.268 e. The lowest BCUT2D eigenvalue weighted by Gasteiger charge is -2.12. The number of aryl methyl sites for hydroxylation is 1. The summed E-state index contributed by atoms with van der Waals surface area (Å²) in [6, 6.07) is 17.8. The van der Waals surface area contributed by atoms with Crippen LogP contribution in [-0.4, -0.2) is 11.8 Å². The smallest absolute Gasteiger partial charge is 0.268 e. The van der Waals surface area contributed by atoms with E-state index in [1.165, 1.54) is 12.3 Å². The summed E-state index contributed by atoms with van der Waals surface area (Å²) in [5, 5.41) is 6.00. The lowest BCUT2D eigenvalue weighted by molar-refractivity contribution is -0.117. The second-order valence-electron chi connectivity index (χ2n) is 6.17. The zero-order valence-electron chi connectivity index (χ0n) is 15.2. The maximum atomic E-state index is 12.7. The standard InChI is InChI=1S/C22H19ClN2O3/c1-15-6-4-8-16(12-15)21(26)25-20(13-18-9-5-11-28-18)22(27)24-14-17-7-2-3-10-19(17)23/h2-13H,14H2,1H3,(H,24,27)(H,25,26)/b20-13-. The highest BCUT2D eigenvalue weighted by Gasteiger charge is 2.15. The van der Waals surface area contributed by atoms with E-state index < -0.39 is 5.91 Å². The molecule has 3 aromatic rings. The van der Waals surface area contributed by atoms with Gasteiger partial charge in [0.2, 0.25) is 0 Å². The minimum atomic E-state index is -0.447. The molecule has 1 heterocycles. The van der Waals surface area contributed by atoms with Crippen molar-refractivity contribution >= 4 is 29.5 Å². The zero-order valence-corrected chi connectivity index (χ0v) is 16.0. The summed E-state index contributed by atoms with van der Waals surface area (Å²) >= 11 is 6.13. The van der Waals surface area contributed by atoms with E-state index in [4.69, 9.17) is 16.0 Å². The van der Waals surface area contributed by atoms with Crippen LogP contribution in [0.25, 0.3) is 6.08 Å². The fraction of sp³-hybridized carbons (Fsp3) is 0.0909. The van der Waals surface area contributed by atoms with Gasteiger partial charge in [0.25, 0.3) is 11.8 Å². The SMILES string of the molecule is Cc1cccc(C(=O)N/C(=C\c2ccco2)C(=O)NCc2ccccc2Cl)c1. The number of carbonyl (C=O) groups excluding carboxylic acids is 2. The van der Waals surface area contributed by atoms with Crippen LogP contribution in [-0.2, 0) is 11.3 Å². The molecule has 0 aliphatic carbocycles. The number of carbonyl (C=O) groups is 2. The minimum Gasteiger partial charge on any atom is -0.465 e. The third kappa shape index (κ3) is 5.11. The third-order valence-electron chi connectivity index (χ3n) is 4.00. The topological polar surface area (TPSA) is 71.3 Å². The quantitative estimate of drug-likeness (QED) is 0.611. The van der Waals surface area contributed by atoms with Crippen molar-refractivity contribution in [3.05, 3.63) is 100 Å². The number of halogens is 1. The average Bonchev–Trinajstić information content (AvgIpc) is 3.19. The van der Waals surface area contributed by atoms with Crippen molar-refractivity contribution in [2.45, 2.75) is 13.5 Å². The van der Waals surface area contributed by atoms with Crippen LogP contribution < -0.4 is 10.6 Å². The predicted molar refractivity (Wildman–Crippen MR) is 109 cm³/mol. The Bertz CT molecular complexity index is 1010. The summed E-state index contributed by atoms with van der Waals surface area (Å²) < 4.78 is 5.27. The van der Waals surface area contributed by atoms with E-state index in [-0.39, 0.29) is 18.1 Å². The lowest BCUT2D eigenvalue weighted by Crippen LogP contribution is -2.34. The van der Waals surface area contributed by atoms with E-state index in [1.54, 1.807) is 36.4 Å². The molecule has 2 N–H and O–H groups in total. The number of rotatable bonds is 6. The van der Waals surface area contributed by atoms with E-state index in [0.717, 1.165) is 11.1 Å². The van der Waals surface area contributed by atoms with E-state index in [0.29, 0.717) is 16.3 Å². The Morgan fingerprint density at radius 1 is 1.07 bits per heavy atom. The summed E-state index contributed by atoms with van der Waals surface area (Å²) in [5.74, 6) is -0.376. The summed E-state index contributed by atoms with van der Waals surface area (Å²) in [6.45, 7) is 2.13. The van der Waals surface area contributed by atoms with E-state index >= 15 is 0 Å². The number of amides is 2. The van der Waals surface area contributed by atoms with Crippen molar-refractivity contribution in [1.82, 2.24) is 10.6 Å². The van der Waals surface area contributed by atoms with Crippen LogP contribution in [0.4, 0.5) is 0 Å². The first kappa shape index (κ1) is 19.5. The molecule has 0 aliphatic heterocycles. The van der Waals surface area contributed by atoms with Crippen molar-refractivity contribution in [2.24, 2.45) is 0 Å². The van der Waals surface area contributed by atoms with Gasteiger partial charge in [-0.05, 0) is 42.8 Å². The molecule has 142 valence electrons. The van der Waals surface area contributed by atoms with Crippen LogP contribution in [0.3, 0.4) is 0 Å². The number of hydrogen-bond acceptors (Lipinski definition) is 3. The van der Waals surface area contributed by atoms with Gasteiger partial charge in [-0.3, -0.25) is 9.59 Å². The Morgan fingerprint density at radius 2 is 1.89 bits per heavy atom. The van der Waals surface area contributed by atoms with Crippen LogP contribution in [0, 0.1) is 6.92 Å². The molecule has 0 fully saturated rings. The largest absolute Gasteiger partial charge is 0.465 e. The van der Waals surface area contributed by atoms with Crippen LogP contribution in [0.15, 0.2) is 77.0 Å². The van der Waals surface area contributed by atoms with Crippen LogP contribution in [0.1, 0.15) is 27.2 Å². The molecule has 0 unspecified atom stereocenters. The molecule has 6 heteroatoms. The molecule has 0 radical (unpaired) electrons. The number of benzene rings is 2. The van der Waals surface area contributed by atoms with Gasteiger partial charge in [-0.15, -0.1) is 0 Å². The summed E-state index contributed by atoms with van der Waals surface area (Å²) in [4.78, 5) is 25.3. The fourth-order valence-electron chi connectivity index (χ4n) is 2.57. The molecule has 0 spiro atoms. The Hall–Kier alpha value is -3.31. The first-order chi connectivity index (χ1) is 13.5. The first-order valence-corrected chi connectivity index (χ1v) is 9.05. The molecule has 0 aliphatic rings. The minimum absolute atomic E-state index is 0.0773. The fourth-order valence-corrected chi connectivity index (χ4v) is 2.77. The molecule has 2 aromatic carbocycles. The summed E-state index contributed by atoms with van der Waals surface area (Å²) in [5.41, 5.74) is 2.27. The van der Waals surface area contributed by atoms with Crippen molar-refractivity contribution < 1.29 is 14.0 Å². The van der Waals surface area contributed by atoms with Gasteiger partial charge < -0.3 is 15.1 Å². The van der Waals surface area contributed by atoms with Crippen LogP contribution >= 0.6 is 11.6 Å². The zero-order chi connectivity index (χ0) is 19.9. The Kier molecular flexibility index (Phi) is 6.29. The van der Waals surface area contributed by atoms with Gasteiger partial charge in [0.1, 0.15) is 11.5 Å².